The highest BCUT2D eigenvalue weighted by Gasteiger charge is 2.34. The number of aromatic nitrogens is 3. The Balaban J connectivity index is 1.72. The number of imidazole rings is 1. The molecule has 5 N–H and O–H groups in total. The number of anilines is 1. The van der Waals surface area contributed by atoms with Gasteiger partial charge in [0.05, 0.1) is 17.8 Å². The summed E-state index contributed by atoms with van der Waals surface area (Å²) in [6, 6.07) is -0.763. The number of hydrogen-bond acceptors (Lipinski definition) is 9. The topological polar surface area (TPSA) is 179 Å². The summed E-state index contributed by atoms with van der Waals surface area (Å²) in [5.41, 5.74) is 0.479. The molecule has 1 aliphatic heterocycles. The number of thiazole rings is 1. The van der Waals surface area contributed by atoms with E-state index >= 15 is 0 Å². The number of carbonyl (C=O) groups is 4. The van der Waals surface area contributed by atoms with Crippen molar-refractivity contribution in [2.24, 2.45) is 0 Å². The van der Waals surface area contributed by atoms with E-state index in [1.165, 1.54) is 6.92 Å². The summed E-state index contributed by atoms with van der Waals surface area (Å²) < 4.78 is 5.90. The number of carboxylic acid groups (broad SMARTS) is 1. The van der Waals surface area contributed by atoms with Crippen molar-refractivity contribution in [3.8, 4) is 0 Å². The summed E-state index contributed by atoms with van der Waals surface area (Å²) in [5.74, 6) is -2.42. The summed E-state index contributed by atoms with van der Waals surface area (Å²) in [6.07, 6.45) is 0.684. The first-order valence-electron chi connectivity index (χ1n) is 12.2. The average molecular weight is 570 g/mol. The number of piperidine rings is 1. The van der Waals surface area contributed by atoms with Crippen LogP contribution < -0.4 is 20.9 Å². The van der Waals surface area contributed by atoms with Crippen LogP contribution in [0.4, 0.5) is 5.13 Å². The van der Waals surface area contributed by atoms with Gasteiger partial charge in [0.2, 0.25) is 5.91 Å². The number of H-pyrrole nitrogens is 1. The Labute approximate surface area is 228 Å². The molecule has 0 bridgehead atoms. The predicted molar refractivity (Wildman–Crippen MR) is 141 cm³/mol. The molecule has 3 amide bonds. The number of aryl methyl sites for hydroxylation is 1. The summed E-state index contributed by atoms with van der Waals surface area (Å²) in [5, 5.41) is 18.5. The number of nitrogens with zero attached hydrogens (tertiary/aromatic N) is 3. The van der Waals surface area contributed by atoms with E-state index in [0.29, 0.717) is 43.4 Å². The third-order valence-corrected chi connectivity index (χ3v) is 7.30. The van der Waals surface area contributed by atoms with Gasteiger partial charge in [-0.05, 0) is 26.7 Å². The third kappa shape index (κ3) is 7.20. The lowest BCUT2D eigenvalue weighted by molar-refractivity contribution is -0.119. The van der Waals surface area contributed by atoms with E-state index in [1.54, 1.807) is 6.92 Å². The third-order valence-electron chi connectivity index (χ3n) is 5.88. The fourth-order valence-electron chi connectivity index (χ4n) is 3.99. The highest BCUT2D eigenvalue weighted by molar-refractivity contribution is 7.17. The lowest BCUT2D eigenvalue weighted by atomic mass is 10.0. The first-order chi connectivity index (χ1) is 18.0. The fourth-order valence-corrected chi connectivity index (χ4v) is 5.19. The molecule has 1 unspecified atom stereocenters. The minimum Gasteiger partial charge on any atom is -0.477 e. The molecule has 208 valence electrons. The molecule has 0 spiro atoms. The molecule has 0 aliphatic carbocycles. The van der Waals surface area contributed by atoms with Gasteiger partial charge in [0.1, 0.15) is 4.88 Å². The van der Waals surface area contributed by atoms with E-state index in [0.717, 1.165) is 11.3 Å². The van der Waals surface area contributed by atoms with Crippen LogP contribution in [-0.2, 0) is 16.0 Å². The molecular weight excluding hydrogens is 538 g/mol. The van der Waals surface area contributed by atoms with Gasteiger partial charge >= 0.3 is 5.97 Å². The number of rotatable bonds is 11. The van der Waals surface area contributed by atoms with E-state index in [4.69, 9.17) is 16.3 Å². The number of aromatic amines is 1. The van der Waals surface area contributed by atoms with Gasteiger partial charge in [-0.25, -0.2) is 14.8 Å². The predicted octanol–water partition coefficient (Wildman–Crippen LogP) is 1.45. The first-order valence-corrected chi connectivity index (χ1v) is 13.4. The number of nitrogens with one attached hydrogen (secondary N) is 4. The van der Waals surface area contributed by atoms with E-state index in [9.17, 15) is 24.3 Å². The molecule has 0 saturated carbocycles. The van der Waals surface area contributed by atoms with Crippen LogP contribution in [0.2, 0.25) is 5.15 Å². The maximum absolute atomic E-state index is 12.8. The molecule has 13 nitrogen and oxygen atoms in total. The van der Waals surface area contributed by atoms with Gasteiger partial charge < -0.3 is 35.7 Å². The standard InChI is InChI=1S/C23H32ClN7O6S/c1-5-13-18(24)30-19(27-13)21(34)28-14-7-8-31(10-15(14)37-6-2)23-29-16(17(38-23)22(35)36)20(33)26-11(3)9-25-12(4)32/h11,14-15H,5-10H2,1-4H3,(H,25,32)(H,26,33)(H,27,30)(H,28,34)(H,35,36)/t11?,14-,15+/m1/s1. The van der Waals surface area contributed by atoms with Gasteiger partial charge in [0, 0.05) is 39.2 Å². The largest absolute Gasteiger partial charge is 0.477 e. The van der Waals surface area contributed by atoms with Crippen molar-refractivity contribution >= 4 is 51.8 Å². The van der Waals surface area contributed by atoms with Crippen molar-refractivity contribution in [1.29, 1.82) is 0 Å². The Kier molecular flexibility index (Phi) is 10.1. The van der Waals surface area contributed by atoms with Gasteiger partial charge in [-0.1, -0.05) is 29.9 Å². The van der Waals surface area contributed by atoms with Crippen LogP contribution in [-0.4, -0.2) is 88.2 Å². The van der Waals surface area contributed by atoms with Crippen LogP contribution in [0.1, 0.15) is 70.6 Å². The Bertz CT molecular complexity index is 1190. The Hall–Kier alpha value is -3.23. The first kappa shape index (κ1) is 29.3. The monoisotopic (exact) mass is 569 g/mol. The number of hydrogen-bond donors (Lipinski definition) is 5. The second kappa shape index (κ2) is 13.0. The Morgan fingerprint density at radius 1 is 1.26 bits per heavy atom. The number of ether oxygens (including phenoxy) is 1. The van der Waals surface area contributed by atoms with Gasteiger partial charge in [0.15, 0.2) is 21.8 Å². The molecule has 3 rings (SSSR count). The summed E-state index contributed by atoms with van der Waals surface area (Å²) in [4.78, 5) is 61.6. The van der Waals surface area contributed by atoms with Crippen molar-refractivity contribution < 1.29 is 29.0 Å². The van der Waals surface area contributed by atoms with Crippen molar-refractivity contribution in [2.75, 3.05) is 31.1 Å². The van der Waals surface area contributed by atoms with E-state index in [2.05, 4.69) is 30.9 Å². The van der Waals surface area contributed by atoms with Crippen LogP contribution in [0.25, 0.3) is 0 Å². The maximum Gasteiger partial charge on any atom is 0.348 e. The molecule has 1 aliphatic rings. The molecular formula is C23H32ClN7O6S. The molecule has 2 aromatic heterocycles. The van der Waals surface area contributed by atoms with Gasteiger partial charge in [-0.15, -0.1) is 0 Å². The average Bonchev–Trinajstić information content (AvgIpc) is 3.48. The lowest BCUT2D eigenvalue weighted by Gasteiger charge is -2.38. The molecule has 0 radical (unpaired) electrons. The Morgan fingerprint density at radius 2 is 2.00 bits per heavy atom. The van der Waals surface area contributed by atoms with Gasteiger partial charge in [-0.2, -0.15) is 0 Å². The minimum absolute atomic E-state index is 0.124. The highest BCUT2D eigenvalue weighted by atomic mass is 35.5. The highest BCUT2D eigenvalue weighted by Crippen LogP contribution is 2.30. The second-order valence-electron chi connectivity index (χ2n) is 8.81. The molecule has 3 heterocycles. The molecule has 3 atom stereocenters. The van der Waals surface area contributed by atoms with Crippen LogP contribution in [0, 0.1) is 0 Å². The van der Waals surface area contributed by atoms with Crippen LogP contribution in [0.5, 0.6) is 0 Å². The number of carboxylic acids is 1. The molecule has 2 aromatic rings. The summed E-state index contributed by atoms with van der Waals surface area (Å²) in [6.45, 7) is 8.15. The molecule has 15 heteroatoms. The minimum atomic E-state index is -1.26. The smallest absolute Gasteiger partial charge is 0.348 e. The second-order valence-corrected chi connectivity index (χ2v) is 10.1. The van der Waals surface area contributed by atoms with Gasteiger partial charge in [-0.3, -0.25) is 14.4 Å². The van der Waals surface area contributed by atoms with Crippen LogP contribution in [0.3, 0.4) is 0 Å². The van der Waals surface area contributed by atoms with Crippen LogP contribution in [0.15, 0.2) is 0 Å². The van der Waals surface area contributed by atoms with Crippen molar-refractivity contribution in [3.05, 3.63) is 27.2 Å². The molecule has 1 fully saturated rings. The SMILES string of the molecule is CCO[C@H]1CN(c2nc(C(=O)NC(C)CNC(C)=O)c(C(=O)O)s2)CC[C@H]1NC(=O)c1nc(Cl)c(CC)[nH]1. The summed E-state index contributed by atoms with van der Waals surface area (Å²) in [7, 11) is 0. The molecule has 1 saturated heterocycles. The number of carbonyl (C=O) groups excluding carboxylic acids is 3. The van der Waals surface area contributed by atoms with Crippen molar-refractivity contribution in [3.63, 3.8) is 0 Å². The van der Waals surface area contributed by atoms with Crippen molar-refractivity contribution in [2.45, 2.75) is 58.7 Å². The van der Waals surface area contributed by atoms with E-state index in [-0.39, 0.29) is 40.0 Å². The van der Waals surface area contributed by atoms with E-state index < -0.39 is 29.9 Å². The molecule has 0 aromatic carbocycles. The lowest BCUT2D eigenvalue weighted by Crippen LogP contribution is -2.55. The number of aromatic carboxylic acids is 1. The van der Waals surface area contributed by atoms with Gasteiger partial charge in [0.25, 0.3) is 11.8 Å². The number of amides is 3. The zero-order chi connectivity index (χ0) is 28.0. The normalized spacial score (nSPS) is 18.1. The maximum atomic E-state index is 12.8. The Morgan fingerprint density at radius 3 is 2.61 bits per heavy atom. The summed E-state index contributed by atoms with van der Waals surface area (Å²) >= 11 is 6.96. The fraction of sp³-hybridized carbons (Fsp3) is 0.565. The number of halogens is 1. The zero-order valence-electron chi connectivity index (χ0n) is 21.6. The van der Waals surface area contributed by atoms with Crippen LogP contribution >= 0.6 is 22.9 Å². The quantitative estimate of drug-likeness (QED) is 0.268. The van der Waals surface area contributed by atoms with E-state index in [1.807, 2.05) is 18.7 Å². The molecule has 38 heavy (non-hydrogen) atoms. The van der Waals surface area contributed by atoms with Crippen molar-refractivity contribution in [1.82, 2.24) is 30.9 Å². The zero-order valence-corrected chi connectivity index (χ0v) is 23.2.